The summed E-state index contributed by atoms with van der Waals surface area (Å²) in [5.74, 6) is 0. The first-order chi connectivity index (χ1) is 10.1. The van der Waals surface area contributed by atoms with Gasteiger partial charge in [0.25, 0.3) is 0 Å². The van der Waals surface area contributed by atoms with Crippen molar-refractivity contribution in [3.8, 4) is 0 Å². The maximum absolute atomic E-state index is 5.79. The Hall–Kier alpha value is -0.900. The topological polar surface area (TPSA) is 24.5 Å². The molecule has 1 aliphatic rings. The molecule has 1 heterocycles. The molecular formula is C18H30N2O. The highest BCUT2D eigenvalue weighted by Gasteiger charge is 2.33. The van der Waals surface area contributed by atoms with E-state index in [1.807, 2.05) is 0 Å². The molecule has 1 aliphatic heterocycles. The van der Waals surface area contributed by atoms with Crippen LogP contribution in [0.15, 0.2) is 24.3 Å². The van der Waals surface area contributed by atoms with Crippen molar-refractivity contribution in [3.63, 3.8) is 0 Å². The lowest BCUT2D eigenvalue weighted by Gasteiger charge is -2.40. The average molecular weight is 290 g/mol. The Morgan fingerprint density at radius 2 is 2.24 bits per heavy atom. The van der Waals surface area contributed by atoms with E-state index in [4.69, 9.17) is 4.74 Å². The van der Waals surface area contributed by atoms with Gasteiger partial charge in [-0.25, -0.2) is 0 Å². The highest BCUT2D eigenvalue weighted by molar-refractivity contribution is 5.22. The summed E-state index contributed by atoms with van der Waals surface area (Å²) in [5.41, 5.74) is 3.00. The second-order valence-corrected chi connectivity index (χ2v) is 6.60. The predicted octanol–water partition coefficient (Wildman–Crippen LogP) is 2.83. The zero-order valence-corrected chi connectivity index (χ0v) is 13.8. The standard InChI is InChI=1S/C18H30N2O/c1-4-19-13-18(9-6-10-21-15-18)14-20(3)12-17-8-5-7-16(2)11-17/h5,7-8,11,19H,4,6,9-10,12-15H2,1-3H3. The molecule has 21 heavy (non-hydrogen) atoms. The van der Waals surface area contributed by atoms with Crippen LogP contribution in [-0.2, 0) is 11.3 Å². The molecule has 0 bridgehead atoms. The van der Waals surface area contributed by atoms with E-state index in [1.54, 1.807) is 0 Å². The molecule has 1 aromatic rings. The van der Waals surface area contributed by atoms with Crippen LogP contribution in [0.4, 0.5) is 0 Å². The van der Waals surface area contributed by atoms with Crippen LogP contribution in [0.2, 0.25) is 0 Å². The minimum Gasteiger partial charge on any atom is -0.381 e. The zero-order chi connectivity index (χ0) is 15.1. The Bertz CT molecular complexity index is 427. The Labute approximate surface area is 129 Å². The van der Waals surface area contributed by atoms with Crippen LogP contribution in [0.1, 0.15) is 30.9 Å². The van der Waals surface area contributed by atoms with Crippen molar-refractivity contribution in [1.82, 2.24) is 10.2 Å². The Morgan fingerprint density at radius 3 is 2.90 bits per heavy atom. The van der Waals surface area contributed by atoms with Gasteiger partial charge in [0, 0.05) is 31.7 Å². The summed E-state index contributed by atoms with van der Waals surface area (Å²) < 4.78 is 5.79. The molecule has 1 fully saturated rings. The molecule has 1 unspecified atom stereocenters. The third-order valence-electron chi connectivity index (χ3n) is 4.29. The van der Waals surface area contributed by atoms with E-state index >= 15 is 0 Å². The number of nitrogens with one attached hydrogen (secondary N) is 1. The fraction of sp³-hybridized carbons (Fsp3) is 0.667. The van der Waals surface area contributed by atoms with Crippen LogP contribution < -0.4 is 5.32 Å². The summed E-state index contributed by atoms with van der Waals surface area (Å²) in [6.45, 7) is 10.3. The Morgan fingerprint density at radius 1 is 1.38 bits per heavy atom. The first-order valence-corrected chi connectivity index (χ1v) is 8.16. The summed E-state index contributed by atoms with van der Waals surface area (Å²) >= 11 is 0. The molecule has 3 heteroatoms. The van der Waals surface area contributed by atoms with Gasteiger partial charge in [0.2, 0.25) is 0 Å². The third kappa shape index (κ3) is 5.10. The number of benzene rings is 1. The number of aryl methyl sites for hydroxylation is 1. The molecule has 0 saturated carbocycles. The first kappa shape index (κ1) is 16.5. The van der Waals surface area contributed by atoms with Crippen LogP contribution in [0, 0.1) is 12.3 Å². The van der Waals surface area contributed by atoms with Crippen molar-refractivity contribution < 1.29 is 4.74 Å². The molecule has 0 aliphatic carbocycles. The molecule has 2 rings (SSSR count). The summed E-state index contributed by atoms with van der Waals surface area (Å²) in [7, 11) is 2.23. The van der Waals surface area contributed by atoms with E-state index < -0.39 is 0 Å². The molecule has 3 nitrogen and oxygen atoms in total. The second kappa shape index (κ2) is 7.92. The highest BCUT2D eigenvalue weighted by Crippen LogP contribution is 2.29. The second-order valence-electron chi connectivity index (χ2n) is 6.60. The highest BCUT2D eigenvalue weighted by atomic mass is 16.5. The first-order valence-electron chi connectivity index (χ1n) is 8.16. The lowest BCUT2D eigenvalue weighted by Crippen LogP contribution is -2.48. The molecule has 1 atom stereocenters. The van der Waals surface area contributed by atoms with E-state index in [9.17, 15) is 0 Å². The molecule has 1 saturated heterocycles. The fourth-order valence-corrected chi connectivity index (χ4v) is 3.37. The van der Waals surface area contributed by atoms with Gasteiger partial charge in [-0.05, 0) is 38.9 Å². The van der Waals surface area contributed by atoms with Gasteiger partial charge < -0.3 is 15.0 Å². The predicted molar refractivity (Wildman–Crippen MR) is 88.5 cm³/mol. The van der Waals surface area contributed by atoms with Gasteiger partial charge in [0.1, 0.15) is 0 Å². The Balaban J connectivity index is 1.95. The van der Waals surface area contributed by atoms with E-state index in [1.165, 1.54) is 24.0 Å². The van der Waals surface area contributed by atoms with Crippen molar-refractivity contribution >= 4 is 0 Å². The molecule has 0 amide bonds. The van der Waals surface area contributed by atoms with Crippen LogP contribution >= 0.6 is 0 Å². The minimum atomic E-state index is 0.271. The maximum atomic E-state index is 5.79. The van der Waals surface area contributed by atoms with Gasteiger partial charge in [0.15, 0.2) is 0 Å². The normalized spacial score (nSPS) is 22.7. The van der Waals surface area contributed by atoms with Gasteiger partial charge >= 0.3 is 0 Å². The number of ether oxygens (including phenoxy) is 1. The summed E-state index contributed by atoms with van der Waals surface area (Å²) in [6, 6.07) is 8.81. The Kier molecular flexibility index (Phi) is 6.22. The molecule has 0 radical (unpaired) electrons. The summed E-state index contributed by atoms with van der Waals surface area (Å²) in [4.78, 5) is 2.45. The lowest BCUT2D eigenvalue weighted by atomic mass is 9.81. The van der Waals surface area contributed by atoms with Crippen molar-refractivity contribution in [2.45, 2.75) is 33.2 Å². The van der Waals surface area contributed by atoms with E-state index in [2.05, 4.69) is 55.4 Å². The smallest absolute Gasteiger partial charge is 0.0546 e. The number of rotatable bonds is 7. The lowest BCUT2D eigenvalue weighted by molar-refractivity contribution is -0.0234. The van der Waals surface area contributed by atoms with E-state index in [-0.39, 0.29) is 5.41 Å². The van der Waals surface area contributed by atoms with Crippen LogP contribution in [0.25, 0.3) is 0 Å². The quantitative estimate of drug-likeness (QED) is 0.836. The molecule has 0 spiro atoms. The van der Waals surface area contributed by atoms with Crippen molar-refractivity contribution in [2.75, 3.05) is 39.9 Å². The molecule has 1 aromatic carbocycles. The van der Waals surface area contributed by atoms with E-state index in [0.29, 0.717) is 0 Å². The van der Waals surface area contributed by atoms with Gasteiger partial charge in [-0.1, -0.05) is 36.8 Å². The van der Waals surface area contributed by atoms with Crippen molar-refractivity contribution in [1.29, 1.82) is 0 Å². The SMILES string of the molecule is CCNCC1(CN(C)Cc2cccc(C)c2)CCCOC1. The van der Waals surface area contributed by atoms with Gasteiger partial charge in [-0.15, -0.1) is 0 Å². The summed E-state index contributed by atoms with van der Waals surface area (Å²) in [6.07, 6.45) is 2.45. The van der Waals surface area contributed by atoms with Gasteiger partial charge in [0.05, 0.1) is 6.61 Å². The largest absolute Gasteiger partial charge is 0.381 e. The average Bonchev–Trinajstić information content (AvgIpc) is 2.46. The number of hydrogen-bond donors (Lipinski definition) is 1. The van der Waals surface area contributed by atoms with Gasteiger partial charge in [-0.3, -0.25) is 0 Å². The van der Waals surface area contributed by atoms with E-state index in [0.717, 1.165) is 39.4 Å². The van der Waals surface area contributed by atoms with Crippen molar-refractivity contribution in [3.05, 3.63) is 35.4 Å². The number of nitrogens with zero attached hydrogens (tertiary/aromatic N) is 1. The van der Waals surface area contributed by atoms with Gasteiger partial charge in [-0.2, -0.15) is 0 Å². The summed E-state index contributed by atoms with van der Waals surface area (Å²) in [5, 5.41) is 3.53. The van der Waals surface area contributed by atoms with Crippen molar-refractivity contribution in [2.24, 2.45) is 5.41 Å². The monoisotopic (exact) mass is 290 g/mol. The number of hydrogen-bond acceptors (Lipinski definition) is 3. The fourth-order valence-electron chi connectivity index (χ4n) is 3.37. The molecule has 1 N–H and O–H groups in total. The molecular weight excluding hydrogens is 260 g/mol. The maximum Gasteiger partial charge on any atom is 0.0546 e. The minimum absolute atomic E-state index is 0.271. The van der Waals surface area contributed by atoms with Crippen LogP contribution in [0.3, 0.4) is 0 Å². The van der Waals surface area contributed by atoms with Crippen LogP contribution in [0.5, 0.6) is 0 Å². The third-order valence-corrected chi connectivity index (χ3v) is 4.29. The van der Waals surface area contributed by atoms with Crippen LogP contribution in [-0.4, -0.2) is 44.8 Å². The zero-order valence-electron chi connectivity index (χ0n) is 13.8. The molecule has 0 aromatic heterocycles. The molecule has 118 valence electrons.